The first kappa shape index (κ1) is 21.9. The smallest absolute Gasteiger partial charge is 0.303 e. The van der Waals surface area contributed by atoms with E-state index >= 15 is 0 Å². The van der Waals surface area contributed by atoms with E-state index in [9.17, 15) is 13.9 Å². The Kier molecular flexibility index (Phi) is 7.08. The fourth-order valence-electron chi connectivity index (χ4n) is 3.68. The third-order valence-electron chi connectivity index (χ3n) is 5.22. The van der Waals surface area contributed by atoms with E-state index in [1.54, 1.807) is 19.2 Å². The molecule has 0 amide bonds. The molecule has 0 spiro atoms. The second kappa shape index (κ2) is 9.36. The number of hydrogen-bond acceptors (Lipinski definition) is 5. The third-order valence-corrected chi connectivity index (χ3v) is 7.36. The Morgan fingerprint density at radius 3 is 2.59 bits per heavy atom. The number of carboxylic acids is 1. The first-order valence-electron chi connectivity index (χ1n) is 9.68. The predicted molar refractivity (Wildman–Crippen MR) is 118 cm³/mol. The molecule has 29 heavy (non-hydrogen) atoms. The molecular formula is C21H27ClN2O4S. The van der Waals surface area contributed by atoms with E-state index < -0.39 is 16.7 Å². The maximum absolute atomic E-state index is 11.0. The Morgan fingerprint density at radius 1 is 1.10 bits per heavy atom. The number of nitrogens with zero attached hydrogens (tertiary/aromatic N) is 1. The average Bonchev–Trinajstić information content (AvgIpc) is 2.75. The molecule has 0 saturated heterocycles. The number of hydrogen-bond donors (Lipinski definition) is 4. The minimum absolute atomic E-state index is 0.200. The number of anilines is 1. The molecule has 0 aliphatic carbocycles. The van der Waals surface area contributed by atoms with Gasteiger partial charge in [-0.05, 0) is 48.7 Å². The predicted octanol–water partition coefficient (Wildman–Crippen LogP) is 5.53. The van der Waals surface area contributed by atoms with Gasteiger partial charge in [0.15, 0.2) is 0 Å². The molecular weight excluding hydrogens is 412 g/mol. The molecule has 6 nitrogen and oxygen atoms in total. The Hall–Kier alpha value is -1.77. The van der Waals surface area contributed by atoms with Gasteiger partial charge in [-0.3, -0.25) is 18.2 Å². The molecule has 0 saturated carbocycles. The monoisotopic (exact) mass is 438 g/mol. The second-order valence-electron chi connectivity index (χ2n) is 7.20. The molecule has 2 aromatic rings. The van der Waals surface area contributed by atoms with Crippen LogP contribution in [0.25, 0.3) is 0 Å². The zero-order valence-electron chi connectivity index (χ0n) is 16.3. The van der Waals surface area contributed by atoms with Crippen molar-refractivity contribution in [2.24, 2.45) is 0 Å². The van der Waals surface area contributed by atoms with Crippen LogP contribution in [0.2, 0.25) is 5.02 Å². The summed E-state index contributed by atoms with van der Waals surface area (Å²) in [5, 5.41) is 12.7. The second-order valence-corrected chi connectivity index (χ2v) is 9.66. The van der Waals surface area contributed by atoms with Gasteiger partial charge in [-0.2, -0.15) is 0 Å². The van der Waals surface area contributed by atoms with Crippen molar-refractivity contribution in [2.75, 3.05) is 17.9 Å². The molecule has 0 fully saturated rings. The van der Waals surface area contributed by atoms with Crippen molar-refractivity contribution in [1.82, 2.24) is 5.32 Å². The van der Waals surface area contributed by atoms with E-state index in [0.29, 0.717) is 16.3 Å². The zero-order valence-corrected chi connectivity index (χ0v) is 17.9. The quantitative estimate of drug-likeness (QED) is 0.405. The molecule has 1 heterocycles. The first-order valence-corrected chi connectivity index (χ1v) is 11.6. The van der Waals surface area contributed by atoms with Gasteiger partial charge in [0.2, 0.25) is 0 Å². The van der Waals surface area contributed by atoms with E-state index in [1.165, 1.54) is 4.31 Å². The van der Waals surface area contributed by atoms with Gasteiger partial charge in [-0.15, -0.1) is 0 Å². The number of halogens is 1. The highest BCUT2D eigenvalue weighted by Gasteiger charge is 2.35. The molecule has 1 atom stereocenters. The molecule has 0 bridgehead atoms. The summed E-state index contributed by atoms with van der Waals surface area (Å²) in [5.74, 6) is -0.753. The number of rotatable bonds is 8. The largest absolute Gasteiger partial charge is 0.481 e. The van der Waals surface area contributed by atoms with Gasteiger partial charge in [-0.1, -0.05) is 59.5 Å². The number of carboxylic acid groups (broad SMARTS) is 1. The van der Waals surface area contributed by atoms with Crippen LogP contribution < -0.4 is 9.62 Å². The lowest BCUT2D eigenvalue weighted by atomic mass is 9.96. The van der Waals surface area contributed by atoms with Crippen LogP contribution in [0.3, 0.4) is 0 Å². The molecule has 158 valence electrons. The molecule has 0 unspecified atom stereocenters. The summed E-state index contributed by atoms with van der Waals surface area (Å²) in [6, 6.07) is 12.8. The summed E-state index contributed by atoms with van der Waals surface area (Å²) >= 11 is 6.17. The van der Waals surface area contributed by atoms with E-state index in [1.807, 2.05) is 30.3 Å². The molecule has 1 aliphatic heterocycles. The van der Waals surface area contributed by atoms with Crippen LogP contribution in [0.4, 0.5) is 5.69 Å². The molecule has 8 heteroatoms. The number of para-hydroxylation sites is 1. The fraction of sp³-hybridized carbons (Fsp3) is 0.381. The van der Waals surface area contributed by atoms with Gasteiger partial charge in [0, 0.05) is 18.5 Å². The van der Waals surface area contributed by atoms with Crippen molar-refractivity contribution in [3.05, 3.63) is 58.6 Å². The van der Waals surface area contributed by atoms with Gasteiger partial charge in [0.05, 0.1) is 16.6 Å². The Labute approximate surface area is 178 Å². The third kappa shape index (κ3) is 4.87. The van der Waals surface area contributed by atoms with Crippen molar-refractivity contribution in [1.29, 1.82) is 0 Å². The molecule has 4 N–H and O–H groups in total. The van der Waals surface area contributed by atoms with Crippen molar-refractivity contribution < 1.29 is 19.0 Å². The van der Waals surface area contributed by atoms with E-state index in [0.717, 1.165) is 42.6 Å². The minimum Gasteiger partial charge on any atom is -0.481 e. The minimum atomic E-state index is -3.22. The lowest BCUT2D eigenvalue weighted by Crippen LogP contribution is -2.24. The number of aliphatic carboxylic acids is 1. The van der Waals surface area contributed by atoms with Gasteiger partial charge >= 0.3 is 5.97 Å². The SMILES string of the molecule is CN1c2ccccc2[C@@H](NCCCCCCC(=O)O)c2ccc(Cl)cc2S1(O)O. The van der Waals surface area contributed by atoms with Crippen molar-refractivity contribution >= 4 is 34.0 Å². The van der Waals surface area contributed by atoms with Crippen LogP contribution in [0.1, 0.15) is 49.3 Å². The van der Waals surface area contributed by atoms with Crippen LogP contribution in [-0.2, 0) is 4.79 Å². The molecule has 0 aromatic heterocycles. The highest BCUT2D eigenvalue weighted by molar-refractivity contribution is 8.25. The van der Waals surface area contributed by atoms with E-state index in [-0.39, 0.29) is 12.5 Å². The Morgan fingerprint density at radius 2 is 1.83 bits per heavy atom. The summed E-state index contributed by atoms with van der Waals surface area (Å²) in [6.45, 7) is 0.733. The lowest BCUT2D eigenvalue weighted by Gasteiger charge is -2.41. The van der Waals surface area contributed by atoms with Gasteiger partial charge in [0.1, 0.15) is 0 Å². The van der Waals surface area contributed by atoms with Crippen LogP contribution in [-0.4, -0.2) is 33.8 Å². The first-order chi connectivity index (χ1) is 13.8. The maximum atomic E-state index is 11.0. The zero-order chi connectivity index (χ0) is 21.0. The normalized spacial score (nSPS) is 18.5. The number of nitrogens with one attached hydrogen (secondary N) is 1. The fourth-order valence-corrected chi connectivity index (χ4v) is 5.44. The highest BCUT2D eigenvalue weighted by atomic mass is 35.5. The van der Waals surface area contributed by atoms with Crippen molar-refractivity contribution in [3.8, 4) is 0 Å². The number of unbranched alkanes of at least 4 members (excludes halogenated alkanes) is 3. The Balaban J connectivity index is 1.83. The average molecular weight is 439 g/mol. The standard InChI is InChI=1S/C21H27ClN2O4S/c1-24-18-9-6-5-8-16(18)21(23-13-7-3-2-4-10-20(25)26)17-12-11-15(22)14-19(17)29(24,27)28/h5-6,8-9,11-12,14,21,23,27-28H,2-4,7,10,13H2,1H3,(H,25,26)/t21-/m1/s1. The molecule has 0 radical (unpaired) electrons. The summed E-state index contributed by atoms with van der Waals surface area (Å²) in [5.41, 5.74) is 2.54. The summed E-state index contributed by atoms with van der Waals surface area (Å²) in [4.78, 5) is 11.0. The van der Waals surface area contributed by atoms with Crippen LogP contribution in [0, 0.1) is 0 Å². The van der Waals surface area contributed by atoms with Crippen LogP contribution in [0.5, 0.6) is 0 Å². The molecule has 2 aromatic carbocycles. The lowest BCUT2D eigenvalue weighted by molar-refractivity contribution is -0.137. The molecule has 3 rings (SSSR count). The number of fused-ring (bicyclic) bond motifs is 2. The van der Waals surface area contributed by atoms with E-state index in [4.69, 9.17) is 16.7 Å². The van der Waals surface area contributed by atoms with Gasteiger partial charge < -0.3 is 10.4 Å². The summed E-state index contributed by atoms with van der Waals surface area (Å²) in [7, 11) is -1.54. The number of benzene rings is 2. The van der Waals surface area contributed by atoms with E-state index in [2.05, 4.69) is 5.32 Å². The van der Waals surface area contributed by atoms with Crippen LogP contribution in [0.15, 0.2) is 47.4 Å². The van der Waals surface area contributed by atoms with Gasteiger partial charge in [-0.25, -0.2) is 0 Å². The highest BCUT2D eigenvalue weighted by Crippen LogP contribution is 2.59. The van der Waals surface area contributed by atoms with Crippen molar-refractivity contribution in [2.45, 2.75) is 43.0 Å². The van der Waals surface area contributed by atoms with Crippen molar-refractivity contribution in [3.63, 3.8) is 0 Å². The Bertz CT molecular complexity index is 878. The number of carbonyl (C=O) groups is 1. The van der Waals surface area contributed by atoms with Crippen LogP contribution >= 0.6 is 22.4 Å². The molecule has 1 aliphatic rings. The van der Waals surface area contributed by atoms with Gasteiger partial charge in [0.25, 0.3) is 0 Å². The maximum Gasteiger partial charge on any atom is 0.303 e. The summed E-state index contributed by atoms with van der Waals surface area (Å²) in [6.07, 6.45) is 3.63. The topological polar surface area (TPSA) is 93.0 Å². The summed E-state index contributed by atoms with van der Waals surface area (Å²) < 4.78 is 23.5.